The Morgan fingerprint density at radius 3 is 1.00 bits per heavy atom. The van der Waals surface area contributed by atoms with Gasteiger partial charge in [-0.2, -0.15) is 0 Å². The zero-order chi connectivity index (χ0) is 3.58. The van der Waals surface area contributed by atoms with Crippen molar-refractivity contribution in [2.75, 3.05) is 0 Å². The average molecular weight is 116 g/mol. The van der Waals surface area contributed by atoms with Crippen molar-refractivity contribution in [2.45, 2.75) is 0 Å². The summed E-state index contributed by atoms with van der Waals surface area (Å²) in [6.45, 7) is 0. The molecule has 0 aliphatic carbocycles. The highest BCUT2D eigenvalue weighted by atomic mass is 16.9. The first-order valence-corrected chi connectivity index (χ1v) is 0.548. The molecule has 0 amide bonds. The Morgan fingerprint density at radius 1 is 1.00 bits per heavy atom. The summed E-state index contributed by atoms with van der Waals surface area (Å²) in [5, 5.41) is 14.8. The molecule has 0 unspecified atom stereocenters. The van der Waals surface area contributed by atoms with Crippen LogP contribution < -0.4 is 0 Å². The molecule has 0 spiro atoms. The van der Waals surface area contributed by atoms with Crippen LogP contribution >= 0.6 is 0 Å². The smallest absolute Gasteiger partial charge is 0.0689 e. The molecule has 0 saturated carbocycles. The number of hydrogen-bond donors (Lipinski definition) is 0. The predicted molar refractivity (Wildman–Crippen MR) is 21.2 cm³/mol. The van der Waals surface area contributed by atoms with Crippen LogP contribution in [0.4, 0.5) is 0 Å². The quantitative estimate of drug-likeness (QED) is 0.248. The molecule has 0 aromatic carbocycles. The van der Waals surface area contributed by atoms with E-state index in [-0.39, 0.29) is 16.4 Å². The molecular weight excluding hydrogens is 110 g/mol. The van der Waals surface area contributed by atoms with Gasteiger partial charge in [0.2, 0.25) is 0 Å². The summed E-state index contributed by atoms with van der Waals surface area (Å²) in [5.41, 5.74) is 0. The maximum Gasteiger partial charge on any atom is 0.0689 e. The molecule has 48 valence electrons. The Kier molecular flexibility index (Phi) is 101. The fourth-order valence-electron chi connectivity index (χ4n) is 0. The summed E-state index contributed by atoms with van der Waals surface area (Å²) in [4.78, 5) is 8.25. The molecule has 0 aliphatic rings. The van der Waals surface area contributed by atoms with E-state index in [1.807, 2.05) is 0 Å². The van der Waals surface area contributed by atoms with E-state index in [2.05, 4.69) is 0 Å². The van der Waals surface area contributed by atoms with E-state index in [1.54, 1.807) is 0 Å². The third kappa shape index (κ3) is 56.9. The molecule has 0 bridgehead atoms. The Hall–Kier alpha value is -0.920. The van der Waals surface area contributed by atoms with E-state index in [9.17, 15) is 0 Å². The van der Waals surface area contributed by atoms with Crippen molar-refractivity contribution >= 4 is 0 Å². The molecule has 0 fully saturated rings. The van der Waals surface area contributed by atoms with Gasteiger partial charge in [-0.1, -0.05) is 0 Å². The van der Waals surface area contributed by atoms with Crippen LogP contribution in [0.25, 0.3) is 0 Å². The van der Waals surface area contributed by atoms with Gasteiger partial charge < -0.3 is 31.8 Å². The van der Waals surface area contributed by atoms with Gasteiger partial charge in [-0.3, -0.25) is 0 Å². The van der Waals surface area contributed by atoms with E-state index in [1.165, 1.54) is 0 Å². The summed E-state index contributed by atoms with van der Waals surface area (Å²) in [7, 11) is 0. The molecule has 0 aromatic heterocycles. The molecule has 0 radical (unpaired) electrons. The van der Waals surface area contributed by atoms with Crippen LogP contribution in [0.3, 0.4) is 0 Å². The molecule has 0 heterocycles. The van der Waals surface area contributed by atoms with Gasteiger partial charge in [0, 0.05) is 0 Å². The summed E-state index contributed by atoms with van der Waals surface area (Å²) in [6, 6.07) is 0. The third-order valence-corrected chi connectivity index (χ3v) is 0. The highest BCUT2D eigenvalue weighted by Crippen LogP contribution is 1.44. The second-order valence-corrected chi connectivity index (χ2v) is 0.224. The van der Waals surface area contributed by atoms with E-state index in [0.29, 0.717) is 0 Å². The summed E-state index contributed by atoms with van der Waals surface area (Å²) >= 11 is 0. The Morgan fingerprint density at radius 2 is 1.00 bits per heavy atom. The zero-order valence-corrected chi connectivity index (χ0v) is 3.17. The molecule has 7 heteroatoms. The molecule has 7 nitrogen and oxygen atoms in total. The molecule has 0 rings (SSSR count). The SMILES string of the molecule is O.O.O.O=[N+]([O-])[O-]. The lowest BCUT2D eigenvalue weighted by Gasteiger charge is -1.74. The van der Waals surface area contributed by atoms with Gasteiger partial charge in [-0.15, -0.1) is 0 Å². The number of hydrogen-bond acceptors (Lipinski definition) is 3. The lowest BCUT2D eigenvalue weighted by molar-refractivity contribution is -0.402. The topological polar surface area (TPSA) is 161 Å². The van der Waals surface area contributed by atoms with Crippen molar-refractivity contribution in [3.05, 3.63) is 15.3 Å². The maximum absolute atomic E-state index is 8.25. The summed E-state index contributed by atoms with van der Waals surface area (Å²) < 4.78 is 0. The van der Waals surface area contributed by atoms with Crippen LogP contribution in [0.5, 0.6) is 0 Å². The van der Waals surface area contributed by atoms with Crippen molar-refractivity contribution in [3.8, 4) is 0 Å². The minimum Gasteiger partial charge on any atom is -0.412 e. The second-order valence-electron chi connectivity index (χ2n) is 0.224. The number of rotatable bonds is 0. The fourth-order valence-corrected chi connectivity index (χ4v) is 0. The molecule has 0 atom stereocenters. The van der Waals surface area contributed by atoms with Crippen molar-refractivity contribution in [2.24, 2.45) is 0 Å². The molecule has 0 saturated heterocycles. The van der Waals surface area contributed by atoms with Crippen molar-refractivity contribution in [1.29, 1.82) is 0 Å². The average Bonchev–Trinajstić information content (AvgIpc) is 0.811. The zero-order valence-electron chi connectivity index (χ0n) is 3.17. The van der Waals surface area contributed by atoms with E-state index in [0.717, 1.165) is 0 Å². The van der Waals surface area contributed by atoms with Gasteiger partial charge in [0.25, 0.3) is 0 Å². The van der Waals surface area contributed by atoms with E-state index < -0.39 is 5.09 Å². The minimum atomic E-state index is -1.75. The Labute approximate surface area is 38.2 Å². The van der Waals surface area contributed by atoms with Crippen LogP contribution in [0.1, 0.15) is 0 Å². The van der Waals surface area contributed by atoms with Crippen LogP contribution in [-0.4, -0.2) is 21.5 Å². The lowest BCUT2D eigenvalue weighted by atomic mass is 13.1. The van der Waals surface area contributed by atoms with E-state index >= 15 is 0 Å². The monoisotopic (exact) mass is 116 g/mol. The minimum absolute atomic E-state index is 0. The predicted octanol–water partition coefficient (Wildman–Crippen LogP) is -2.71. The summed E-state index contributed by atoms with van der Waals surface area (Å²) in [5.74, 6) is 0. The Bertz CT molecular complexity index is 27.2. The molecule has 6 N–H and O–H groups in total. The first-order chi connectivity index (χ1) is 1.73. The Balaban J connectivity index is -0.0000000150. The third-order valence-electron chi connectivity index (χ3n) is 0. The van der Waals surface area contributed by atoms with Crippen LogP contribution in [-0.2, 0) is 0 Å². The summed E-state index contributed by atoms with van der Waals surface area (Å²) in [6.07, 6.45) is 0. The molecule has 0 aliphatic heterocycles. The highest BCUT2D eigenvalue weighted by Gasteiger charge is 1.45. The standard InChI is InChI=1S/NO3.3H2O/c2-1(3)4;;;/h;3*1H2/q-1;;;. The van der Waals surface area contributed by atoms with E-state index in [4.69, 9.17) is 15.3 Å². The van der Waals surface area contributed by atoms with Crippen LogP contribution in [0.2, 0.25) is 0 Å². The molecule has 0 aromatic rings. The van der Waals surface area contributed by atoms with Gasteiger partial charge in [-0.05, 0) is 0 Å². The van der Waals surface area contributed by atoms with Gasteiger partial charge in [0.15, 0.2) is 0 Å². The normalized spacial score (nSPS) is 3.43. The van der Waals surface area contributed by atoms with Crippen molar-refractivity contribution < 1.29 is 21.5 Å². The van der Waals surface area contributed by atoms with Gasteiger partial charge in [0.05, 0.1) is 5.09 Å². The fraction of sp³-hybridized carbons (Fsp3) is 0. The van der Waals surface area contributed by atoms with Gasteiger partial charge in [0.1, 0.15) is 0 Å². The van der Waals surface area contributed by atoms with Gasteiger partial charge in [-0.25, -0.2) is 0 Å². The van der Waals surface area contributed by atoms with Crippen LogP contribution in [0, 0.1) is 15.3 Å². The highest BCUT2D eigenvalue weighted by molar-refractivity contribution is 4.03. The first kappa shape index (κ1) is 36.3. The first-order valence-electron chi connectivity index (χ1n) is 0.548. The number of nitrogens with zero attached hydrogens (tertiary/aromatic N) is 1. The molecular formula is H6NO6-. The van der Waals surface area contributed by atoms with Crippen molar-refractivity contribution in [1.82, 2.24) is 0 Å². The lowest BCUT2D eigenvalue weighted by Crippen LogP contribution is -1.74. The molecule has 7 heavy (non-hydrogen) atoms. The second kappa shape index (κ2) is 19.5. The van der Waals surface area contributed by atoms with Gasteiger partial charge >= 0.3 is 0 Å². The van der Waals surface area contributed by atoms with Crippen LogP contribution in [0.15, 0.2) is 0 Å². The maximum atomic E-state index is 8.25. The largest absolute Gasteiger partial charge is 0.412 e. The van der Waals surface area contributed by atoms with Crippen molar-refractivity contribution in [3.63, 3.8) is 0 Å².